The molecule has 0 fully saturated rings. The number of anilines is 1. The van der Waals surface area contributed by atoms with Crippen LogP contribution in [0.3, 0.4) is 0 Å². The molecule has 4 heteroatoms. The van der Waals surface area contributed by atoms with Crippen LogP contribution in [0, 0.1) is 0 Å². The fourth-order valence-electron chi connectivity index (χ4n) is 6.65. The minimum Gasteiger partial charge on any atom is -0.376 e. The number of hydrogen-bond acceptors (Lipinski definition) is 3. The maximum Gasteiger partial charge on any atom is 0.117 e. The molecule has 2 heterocycles. The molecule has 0 amide bonds. The molecular weight excluding hydrogens is 548 g/mol. The van der Waals surface area contributed by atoms with Crippen LogP contribution in [0.25, 0.3) is 44.8 Å². The Bertz CT molecular complexity index is 2010. The second kappa shape index (κ2) is 12.4. The van der Waals surface area contributed by atoms with Gasteiger partial charge in [0, 0.05) is 28.0 Å². The third-order valence-corrected chi connectivity index (χ3v) is 8.83. The van der Waals surface area contributed by atoms with E-state index in [-0.39, 0.29) is 12.2 Å². The van der Waals surface area contributed by atoms with Gasteiger partial charge >= 0.3 is 0 Å². The van der Waals surface area contributed by atoms with Crippen molar-refractivity contribution < 1.29 is 0 Å². The first-order chi connectivity index (χ1) is 22.2. The average Bonchev–Trinajstić information content (AvgIpc) is 3.45. The lowest BCUT2D eigenvalue weighted by atomic mass is 9.98. The van der Waals surface area contributed by atoms with Crippen molar-refractivity contribution in [1.82, 2.24) is 15.2 Å². The Morgan fingerprint density at radius 2 is 1.38 bits per heavy atom. The van der Waals surface area contributed by atoms with Crippen LogP contribution < -0.4 is 16.0 Å². The Morgan fingerprint density at radius 1 is 0.689 bits per heavy atom. The molecule has 0 radical (unpaired) electrons. The van der Waals surface area contributed by atoms with Crippen LogP contribution in [-0.2, 0) is 6.42 Å². The van der Waals surface area contributed by atoms with Crippen molar-refractivity contribution in [2.75, 3.05) is 5.32 Å². The van der Waals surface area contributed by atoms with Crippen molar-refractivity contribution in [3.8, 4) is 5.69 Å². The van der Waals surface area contributed by atoms with Crippen molar-refractivity contribution >= 4 is 44.8 Å². The third kappa shape index (κ3) is 5.38. The number of fused-ring (bicyclic) bond motifs is 4. The van der Waals surface area contributed by atoms with E-state index >= 15 is 0 Å². The number of aromatic nitrogens is 1. The minimum atomic E-state index is 0.00633. The third-order valence-electron chi connectivity index (χ3n) is 8.83. The van der Waals surface area contributed by atoms with Crippen LogP contribution in [0.2, 0.25) is 0 Å². The summed E-state index contributed by atoms with van der Waals surface area (Å²) < 4.78 is 2.41. The van der Waals surface area contributed by atoms with Gasteiger partial charge in [0.05, 0.1) is 23.0 Å². The molecule has 0 bridgehead atoms. The van der Waals surface area contributed by atoms with Crippen molar-refractivity contribution in [3.63, 3.8) is 0 Å². The van der Waals surface area contributed by atoms with Gasteiger partial charge in [0.25, 0.3) is 0 Å². The van der Waals surface area contributed by atoms with Crippen LogP contribution >= 0.6 is 0 Å². The highest BCUT2D eigenvalue weighted by molar-refractivity contribution is 5.95. The number of aryl methyl sites for hydroxylation is 1. The fraction of sp³-hybridized carbons (Fsp3) is 0.171. The maximum absolute atomic E-state index is 3.89. The molecule has 3 N–H and O–H groups in total. The number of nitrogens with one attached hydrogen (secondary N) is 3. The van der Waals surface area contributed by atoms with Crippen molar-refractivity contribution in [2.45, 2.75) is 45.8 Å². The van der Waals surface area contributed by atoms with E-state index in [1.807, 2.05) is 19.9 Å². The summed E-state index contributed by atoms with van der Waals surface area (Å²) in [5, 5.41) is 15.3. The van der Waals surface area contributed by atoms with E-state index in [9.17, 15) is 0 Å². The largest absolute Gasteiger partial charge is 0.376 e. The van der Waals surface area contributed by atoms with Crippen LogP contribution in [0.4, 0.5) is 5.69 Å². The van der Waals surface area contributed by atoms with E-state index in [1.165, 1.54) is 44.2 Å². The Kier molecular flexibility index (Phi) is 7.87. The SMILES string of the molecule is CC.CC1NC(c2ccc3ccccc3c2)=C(c2ccc(-n3c4c(c5ccccc53)CCC=C4)cc2)NC1Nc1ccccc1. The van der Waals surface area contributed by atoms with Crippen molar-refractivity contribution in [1.29, 1.82) is 0 Å². The molecule has 0 spiro atoms. The topological polar surface area (TPSA) is 41.0 Å². The molecule has 2 aliphatic rings. The van der Waals surface area contributed by atoms with Gasteiger partial charge in [0.2, 0.25) is 0 Å². The highest BCUT2D eigenvalue weighted by Gasteiger charge is 2.28. The molecule has 8 rings (SSSR count). The molecule has 2 unspecified atom stereocenters. The monoisotopic (exact) mass is 588 g/mol. The molecule has 224 valence electrons. The molecule has 0 saturated heterocycles. The number of hydrogen-bond donors (Lipinski definition) is 3. The number of allylic oxidation sites excluding steroid dienone is 1. The van der Waals surface area contributed by atoms with Gasteiger partial charge in [-0.2, -0.15) is 0 Å². The minimum absolute atomic E-state index is 0.00633. The van der Waals surface area contributed by atoms with Gasteiger partial charge < -0.3 is 20.5 Å². The predicted molar refractivity (Wildman–Crippen MR) is 192 cm³/mol. The Morgan fingerprint density at radius 3 is 2.20 bits per heavy atom. The first kappa shape index (κ1) is 28.5. The van der Waals surface area contributed by atoms with E-state index in [1.54, 1.807) is 0 Å². The second-order valence-corrected chi connectivity index (χ2v) is 11.6. The Balaban J connectivity index is 0.00000160. The maximum atomic E-state index is 3.89. The van der Waals surface area contributed by atoms with Crippen molar-refractivity contribution in [3.05, 3.63) is 150 Å². The van der Waals surface area contributed by atoms with Crippen LogP contribution in [-0.4, -0.2) is 16.8 Å². The van der Waals surface area contributed by atoms with E-state index in [0.29, 0.717) is 0 Å². The molecule has 2 atom stereocenters. The van der Waals surface area contributed by atoms with E-state index in [0.717, 1.165) is 35.5 Å². The quantitative estimate of drug-likeness (QED) is 0.188. The molecule has 6 aromatic rings. The normalized spacial score (nSPS) is 17.2. The Hall–Kier alpha value is -5.22. The summed E-state index contributed by atoms with van der Waals surface area (Å²) >= 11 is 0. The van der Waals surface area contributed by atoms with Crippen LogP contribution in [0.1, 0.15) is 49.6 Å². The highest BCUT2D eigenvalue weighted by atomic mass is 15.2. The molecule has 1 aliphatic heterocycles. The smallest absolute Gasteiger partial charge is 0.117 e. The summed E-state index contributed by atoms with van der Waals surface area (Å²) in [7, 11) is 0. The fourth-order valence-corrected chi connectivity index (χ4v) is 6.65. The van der Waals surface area contributed by atoms with E-state index in [4.69, 9.17) is 0 Å². The van der Waals surface area contributed by atoms with Crippen LogP contribution in [0.15, 0.2) is 127 Å². The summed E-state index contributed by atoms with van der Waals surface area (Å²) in [6.45, 7) is 6.22. The van der Waals surface area contributed by atoms with Gasteiger partial charge in [0.15, 0.2) is 0 Å². The molecule has 4 nitrogen and oxygen atoms in total. The number of nitrogens with zero attached hydrogens (tertiary/aromatic N) is 1. The summed E-state index contributed by atoms with van der Waals surface area (Å²) in [6, 6.07) is 43.7. The average molecular weight is 589 g/mol. The lowest BCUT2D eigenvalue weighted by Crippen LogP contribution is -2.54. The molecule has 0 saturated carbocycles. The molecule has 1 aromatic heterocycles. The second-order valence-electron chi connectivity index (χ2n) is 11.6. The Labute approximate surface area is 266 Å². The number of benzene rings is 5. The standard InChI is InChI=1S/C39H34N4.C2H6/c1-26-39(41-31-13-3-2-4-14-31)42-37(38(40-26)30-20-19-27-11-5-6-12-29(27)25-30)28-21-23-32(24-22-28)43-35-17-9-7-15-33(35)34-16-8-10-18-36(34)43;1-2/h2-7,9-15,17-26,39-42H,8,16H2,1H3;1-2H3. The highest BCUT2D eigenvalue weighted by Crippen LogP contribution is 2.35. The number of rotatable bonds is 5. The van der Waals surface area contributed by atoms with Gasteiger partial charge in [0.1, 0.15) is 6.17 Å². The summed E-state index contributed by atoms with van der Waals surface area (Å²) in [6.07, 6.45) is 6.78. The lowest BCUT2D eigenvalue weighted by molar-refractivity contribution is 0.492. The predicted octanol–water partition coefficient (Wildman–Crippen LogP) is 9.61. The molecular formula is C41H40N4. The van der Waals surface area contributed by atoms with Gasteiger partial charge in [-0.15, -0.1) is 0 Å². The summed E-state index contributed by atoms with van der Waals surface area (Å²) in [5.41, 5.74) is 10.8. The molecule has 5 aromatic carbocycles. The van der Waals surface area contributed by atoms with Crippen molar-refractivity contribution in [2.24, 2.45) is 0 Å². The zero-order valence-corrected chi connectivity index (χ0v) is 26.2. The summed E-state index contributed by atoms with van der Waals surface area (Å²) in [5.74, 6) is 0. The first-order valence-corrected chi connectivity index (χ1v) is 16.2. The molecule has 45 heavy (non-hydrogen) atoms. The van der Waals surface area contributed by atoms with Gasteiger partial charge in [-0.3, -0.25) is 0 Å². The van der Waals surface area contributed by atoms with Crippen LogP contribution in [0.5, 0.6) is 0 Å². The van der Waals surface area contributed by atoms with Gasteiger partial charge in [-0.25, -0.2) is 0 Å². The van der Waals surface area contributed by atoms with E-state index < -0.39 is 0 Å². The summed E-state index contributed by atoms with van der Waals surface area (Å²) in [4.78, 5) is 0. The van der Waals surface area contributed by atoms with Gasteiger partial charge in [-0.1, -0.05) is 105 Å². The number of para-hydroxylation sites is 2. The van der Waals surface area contributed by atoms with Gasteiger partial charge in [-0.05, 0) is 84.1 Å². The lowest BCUT2D eigenvalue weighted by Gasteiger charge is -2.37. The zero-order chi connectivity index (χ0) is 30.8. The molecule has 1 aliphatic carbocycles. The van der Waals surface area contributed by atoms with E-state index in [2.05, 4.69) is 155 Å². The first-order valence-electron chi connectivity index (χ1n) is 16.2. The zero-order valence-electron chi connectivity index (χ0n) is 26.2.